The third-order valence-electron chi connectivity index (χ3n) is 7.55. The van der Waals surface area contributed by atoms with Crippen molar-refractivity contribution >= 4 is 23.7 Å². The predicted octanol–water partition coefficient (Wildman–Crippen LogP) is 5.07. The highest BCUT2D eigenvalue weighted by molar-refractivity contribution is 6.03. The number of esters is 1. The minimum absolute atomic E-state index is 0.116. The number of methoxy groups -OCH3 is 1. The van der Waals surface area contributed by atoms with E-state index < -0.39 is 23.7 Å². The van der Waals surface area contributed by atoms with Gasteiger partial charge in [0.1, 0.15) is 17.4 Å². The second-order valence-corrected chi connectivity index (χ2v) is 11.5. The summed E-state index contributed by atoms with van der Waals surface area (Å²) in [6.45, 7) is 8.81. The highest BCUT2D eigenvalue weighted by Gasteiger charge is 2.41. The molecule has 5 rings (SSSR count). The van der Waals surface area contributed by atoms with E-state index in [9.17, 15) is 14.4 Å². The molecule has 222 valence electrons. The van der Waals surface area contributed by atoms with Crippen LogP contribution in [0.5, 0.6) is 5.75 Å². The number of carbonyl (C=O) groups is 3. The van der Waals surface area contributed by atoms with Gasteiger partial charge in [0, 0.05) is 24.3 Å². The molecule has 1 atom stereocenters. The van der Waals surface area contributed by atoms with Crippen molar-refractivity contribution in [1.29, 1.82) is 0 Å². The average Bonchev–Trinajstić information content (AvgIpc) is 3.70. The van der Waals surface area contributed by atoms with Crippen molar-refractivity contribution in [3.05, 3.63) is 65.5 Å². The highest BCUT2D eigenvalue weighted by atomic mass is 16.6. The summed E-state index contributed by atoms with van der Waals surface area (Å²) < 4.78 is 17.9. The maximum Gasteiger partial charge on any atom is 0.410 e. The maximum absolute atomic E-state index is 13.8. The Morgan fingerprint density at radius 2 is 1.79 bits per heavy atom. The second kappa shape index (κ2) is 11.9. The Morgan fingerprint density at radius 3 is 2.48 bits per heavy atom. The van der Waals surface area contributed by atoms with Crippen molar-refractivity contribution in [3.8, 4) is 16.9 Å². The van der Waals surface area contributed by atoms with Crippen LogP contribution in [-0.4, -0.2) is 71.1 Å². The highest BCUT2D eigenvalue weighted by Crippen LogP contribution is 2.39. The molecule has 3 heterocycles. The van der Waals surface area contributed by atoms with Crippen LogP contribution in [0.25, 0.3) is 11.1 Å². The number of fused-ring (bicyclic) bond motifs is 1. The van der Waals surface area contributed by atoms with Gasteiger partial charge < -0.3 is 19.1 Å². The molecule has 0 saturated carbocycles. The molecule has 10 nitrogen and oxygen atoms in total. The van der Waals surface area contributed by atoms with Crippen LogP contribution in [0.4, 0.5) is 10.5 Å². The van der Waals surface area contributed by atoms with Gasteiger partial charge in [-0.2, -0.15) is 5.10 Å². The van der Waals surface area contributed by atoms with Crippen LogP contribution in [0.15, 0.2) is 48.7 Å². The molecule has 0 spiro atoms. The predicted molar refractivity (Wildman–Crippen MR) is 158 cm³/mol. The van der Waals surface area contributed by atoms with Crippen molar-refractivity contribution in [2.45, 2.75) is 65.1 Å². The summed E-state index contributed by atoms with van der Waals surface area (Å²) in [6.07, 6.45) is 3.18. The normalized spacial score (nSPS) is 16.4. The molecule has 2 amide bonds. The topological polar surface area (TPSA) is 103 Å². The van der Waals surface area contributed by atoms with E-state index in [2.05, 4.69) is 5.10 Å². The Hall–Kier alpha value is -4.34. The molecule has 1 fully saturated rings. The summed E-state index contributed by atoms with van der Waals surface area (Å²) in [5.41, 5.74) is 3.91. The van der Waals surface area contributed by atoms with Gasteiger partial charge in [0.25, 0.3) is 0 Å². The number of anilines is 1. The molecule has 1 aromatic heterocycles. The van der Waals surface area contributed by atoms with E-state index in [1.807, 2.05) is 63.2 Å². The monoisotopic (exact) mass is 574 g/mol. The minimum atomic E-state index is -0.642. The molecule has 2 aliphatic heterocycles. The average molecular weight is 575 g/mol. The lowest BCUT2D eigenvalue weighted by atomic mass is 9.98. The van der Waals surface area contributed by atoms with Gasteiger partial charge in [-0.3, -0.25) is 14.4 Å². The molecule has 2 aromatic carbocycles. The molecule has 0 radical (unpaired) electrons. The third-order valence-corrected chi connectivity index (χ3v) is 7.55. The van der Waals surface area contributed by atoms with Crippen molar-refractivity contribution in [2.24, 2.45) is 0 Å². The summed E-state index contributed by atoms with van der Waals surface area (Å²) in [5, 5.41) is 4.58. The largest absolute Gasteiger partial charge is 0.497 e. The fourth-order valence-corrected chi connectivity index (χ4v) is 5.68. The van der Waals surface area contributed by atoms with Crippen molar-refractivity contribution in [2.75, 3.05) is 31.7 Å². The summed E-state index contributed by atoms with van der Waals surface area (Å²) in [6, 6.07) is 12.8. The number of benzene rings is 2. The van der Waals surface area contributed by atoms with Gasteiger partial charge in [0.15, 0.2) is 5.69 Å². The molecule has 10 heteroatoms. The Balaban J connectivity index is 1.45. The molecule has 0 N–H and O–H groups in total. The first kappa shape index (κ1) is 29.2. The first-order valence-electron chi connectivity index (χ1n) is 14.4. The van der Waals surface area contributed by atoms with Gasteiger partial charge in [-0.25, -0.2) is 9.59 Å². The van der Waals surface area contributed by atoms with E-state index in [0.29, 0.717) is 43.7 Å². The number of carbonyl (C=O) groups excluding carboxylic acids is 3. The van der Waals surface area contributed by atoms with Crippen molar-refractivity contribution in [1.82, 2.24) is 14.7 Å². The quantitative estimate of drug-likeness (QED) is 0.363. The summed E-state index contributed by atoms with van der Waals surface area (Å²) >= 11 is 0. The SMILES string of the molecule is CCOC(=O)c1c(-c2cccc3c2CCN3C(=O)[C@@H]2CCCN2C(=O)OC(C)(C)C)cnn1Cc1ccc(OC)cc1. The number of nitrogens with zero attached hydrogens (tertiary/aromatic N) is 4. The fraction of sp³-hybridized carbons (Fsp3) is 0.438. The zero-order valence-electron chi connectivity index (χ0n) is 24.9. The number of amides is 2. The van der Waals surface area contributed by atoms with E-state index in [4.69, 9.17) is 14.2 Å². The molecule has 42 heavy (non-hydrogen) atoms. The van der Waals surface area contributed by atoms with E-state index in [1.54, 1.807) is 34.7 Å². The number of aromatic nitrogens is 2. The second-order valence-electron chi connectivity index (χ2n) is 11.5. The summed E-state index contributed by atoms with van der Waals surface area (Å²) in [5.74, 6) is 0.173. The molecule has 0 unspecified atom stereocenters. The Morgan fingerprint density at radius 1 is 1.02 bits per heavy atom. The Bertz CT molecular complexity index is 1470. The number of rotatable bonds is 7. The van der Waals surface area contributed by atoms with E-state index in [1.165, 1.54) is 0 Å². The number of ether oxygens (including phenoxy) is 3. The zero-order valence-corrected chi connectivity index (χ0v) is 24.9. The standard InChI is InChI=1S/C32H38N4O6/c1-6-41-30(38)28-25(19-33-36(28)20-21-12-14-22(40-5)15-13-21)23-9-7-10-26-24(23)16-18-34(26)29(37)27-11-8-17-35(27)31(39)42-32(2,3)4/h7,9-10,12-15,19,27H,6,8,11,16-18,20H2,1-5H3/t27-/m0/s1. The van der Waals surface area contributed by atoms with Gasteiger partial charge in [-0.15, -0.1) is 0 Å². The smallest absolute Gasteiger partial charge is 0.410 e. The van der Waals surface area contributed by atoms with Crippen LogP contribution in [0, 0.1) is 0 Å². The van der Waals surface area contributed by atoms with E-state index in [-0.39, 0.29) is 12.5 Å². The molecule has 0 bridgehead atoms. The summed E-state index contributed by atoms with van der Waals surface area (Å²) in [7, 11) is 1.62. The van der Waals surface area contributed by atoms with Gasteiger partial charge in [-0.1, -0.05) is 24.3 Å². The van der Waals surface area contributed by atoms with Crippen LogP contribution in [0.1, 0.15) is 62.2 Å². The van der Waals surface area contributed by atoms with Crippen molar-refractivity contribution in [3.63, 3.8) is 0 Å². The van der Waals surface area contributed by atoms with Gasteiger partial charge in [-0.05, 0) is 81.8 Å². The van der Waals surface area contributed by atoms with Gasteiger partial charge in [0.05, 0.1) is 26.5 Å². The Labute approximate surface area is 246 Å². The number of hydrogen-bond acceptors (Lipinski definition) is 7. The molecule has 3 aromatic rings. The van der Waals surface area contributed by atoms with Crippen LogP contribution in [0.2, 0.25) is 0 Å². The molecule has 1 saturated heterocycles. The van der Waals surface area contributed by atoms with Crippen LogP contribution in [0.3, 0.4) is 0 Å². The third kappa shape index (κ3) is 5.84. The molecular weight excluding hydrogens is 536 g/mol. The van der Waals surface area contributed by atoms with Gasteiger partial charge >= 0.3 is 12.1 Å². The molecule has 2 aliphatic rings. The zero-order chi connectivity index (χ0) is 30.0. The van der Waals surface area contributed by atoms with Gasteiger partial charge in [0.2, 0.25) is 5.91 Å². The lowest BCUT2D eigenvalue weighted by Crippen LogP contribution is -2.48. The lowest BCUT2D eigenvalue weighted by molar-refractivity contribution is -0.122. The maximum atomic E-state index is 13.8. The number of likely N-dealkylation sites (tertiary alicyclic amines) is 1. The fourth-order valence-electron chi connectivity index (χ4n) is 5.68. The Kier molecular flexibility index (Phi) is 8.24. The first-order valence-corrected chi connectivity index (χ1v) is 14.4. The number of hydrogen-bond donors (Lipinski definition) is 0. The minimum Gasteiger partial charge on any atom is -0.497 e. The van der Waals surface area contributed by atoms with E-state index in [0.717, 1.165) is 34.5 Å². The van der Waals surface area contributed by atoms with Crippen LogP contribution < -0.4 is 9.64 Å². The molecular formula is C32H38N4O6. The summed E-state index contributed by atoms with van der Waals surface area (Å²) in [4.78, 5) is 43.3. The van der Waals surface area contributed by atoms with Crippen LogP contribution >= 0.6 is 0 Å². The molecule has 0 aliphatic carbocycles. The lowest BCUT2D eigenvalue weighted by Gasteiger charge is -2.30. The first-order chi connectivity index (χ1) is 20.1. The van der Waals surface area contributed by atoms with E-state index >= 15 is 0 Å². The van der Waals surface area contributed by atoms with Crippen molar-refractivity contribution < 1.29 is 28.6 Å². The van der Waals surface area contributed by atoms with Crippen LogP contribution in [-0.2, 0) is 27.2 Å².